The molecule has 0 radical (unpaired) electrons. The van der Waals surface area contributed by atoms with Gasteiger partial charge in [0.2, 0.25) is 0 Å². The van der Waals surface area contributed by atoms with Crippen LogP contribution >= 0.6 is 45.2 Å². The molecule has 6 nitrogen and oxygen atoms in total. The highest BCUT2D eigenvalue weighted by molar-refractivity contribution is 14.1. The number of allylic oxidation sites excluding steroid dienone is 4. The average Bonchev–Trinajstić information content (AvgIpc) is 2.86. The van der Waals surface area contributed by atoms with Crippen LogP contribution in [-0.2, 0) is 9.59 Å². The Morgan fingerprint density at radius 2 is 0.842 bits per heavy atom. The summed E-state index contributed by atoms with van der Waals surface area (Å²) in [5, 5.41) is 18.5. The number of benzene rings is 1. The smallest absolute Gasteiger partial charge is 0.176 e. The second-order valence-corrected chi connectivity index (χ2v) is 9.55. The highest BCUT2D eigenvalue weighted by Crippen LogP contribution is 2.26. The molecule has 0 aliphatic heterocycles. The maximum Gasteiger partial charge on any atom is 0.176 e. The first-order chi connectivity index (χ1) is 17.7. The highest BCUT2D eigenvalue weighted by atomic mass is 127. The average molecular weight is 756 g/mol. The molecule has 202 valence electrons. The van der Waals surface area contributed by atoms with Crippen molar-refractivity contribution < 1.29 is 37.4 Å². The van der Waals surface area contributed by atoms with E-state index in [1.54, 1.807) is 49.1 Å². The quantitative estimate of drug-likeness (QED) is 0.0721. The first-order valence-corrected chi connectivity index (χ1v) is 12.7. The van der Waals surface area contributed by atoms with Crippen LogP contribution in [-0.4, -0.2) is 31.7 Å². The Kier molecular flexibility index (Phi) is 13.5. The Morgan fingerprint density at radius 3 is 1.03 bits per heavy atom. The van der Waals surface area contributed by atoms with Crippen molar-refractivity contribution in [2.24, 2.45) is 0 Å². The summed E-state index contributed by atoms with van der Waals surface area (Å²) in [4.78, 5) is 30.0. The topological polar surface area (TPSA) is 100 Å². The van der Waals surface area contributed by atoms with Crippen molar-refractivity contribution in [3.8, 4) is 0 Å². The van der Waals surface area contributed by atoms with Gasteiger partial charge in [-0.2, -0.15) is 0 Å². The normalized spacial score (nSPS) is 11.6. The van der Waals surface area contributed by atoms with Gasteiger partial charge in [0, 0.05) is 24.8 Å². The first kappa shape index (κ1) is 33.1. The molecular formula is C26H22F4I2N2O4. The van der Waals surface area contributed by atoms with Crippen molar-refractivity contribution in [3.63, 3.8) is 0 Å². The lowest BCUT2D eigenvalue weighted by atomic mass is 10.0. The van der Waals surface area contributed by atoms with Crippen LogP contribution in [0.2, 0.25) is 0 Å². The Morgan fingerprint density at radius 1 is 0.605 bits per heavy atom. The molecule has 0 unspecified atom stereocenters. The monoisotopic (exact) mass is 756 g/mol. The SMILES string of the molecule is CC(=O)/C(=C(/C)O)c1ccncc1.CC(=O)/C(=C(/C)O)c1ccncc1.Fc1c(F)c(I)c(F)c(F)c1I. The third-order valence-electron chi connectivity index (χ3n) is 4.52. The third-order valence-corrected chi connectivity index (χ3v) is 6.42. The number of hydrogen-bond acceptors (Lipinski definition) is 6. The number of ketones is 2. The Balaban J connectivity index is 0.000000285. The van der Waals surface area contributed by atoms with E-state index >= 15 is 0 Å². The fourth-order valence-corrected chi connectivity index (χ4v) is 3.90. The van der Waals surface area contributed by atoms with Crippen LogP contribution in [0.4, 0.5) is 17.6 Å². The van der Waals surface area contributed by atoms with Gasteiger partial charge in [0.25, 0.3) is 0 Å². The number of aliphatic hydroxyl groups is 2. The van der Waals surface area contributed by atoms with Crippen LogP contribution in [0.25, 0.3) is 11.1 Å². The Bertz CT molecular complexity index is 1180. The molecule has 0 saturated heterocycles. The van der Waals surface area contributed by atoms with Crippen LogP contribution in [0.5, 0.6) is 0 Å². The van der Waals surface area contributed by atoms with E-state index in [4.69, 9.17) is 0 Å². The Hall–Kier alpha value is -2.88. The molecule has 0 amide bonds. The molecule has 0 aliphatic rings. The van der Waals surface area contributed by atoms with E-state index in [9.17, 15) is 37.4 Å². The number of halogens is 6. The van der Waals surface area contributed by atoms with Crippen molar-refractivity contribution >= 4 is 67.9 Å². The molecule has 12 heteroatoms. The van der Waals surface area contributed by atoms with Crippen LogP contribution in [0, 0.1) is 30.4 Å². The third kappa shape index (κ3) is 9.15. The van der Waals surface area contributed by atoms with Gasteiger partial charge in [-0.3, -0.25) is 19.6 Å². The molecule has 0 spiro atoms. The molecule has 2 aromatic heterocycles. The zero-order chi connectivity index (χ0) is 29.2. The van der Waals surface area contributed by atoms with Gasteiger partial charge < -0.3 is 10.2 Å². The second kappa shape index (κ2) is 15.5. The van der Waals surface area contributed by atoms with Gasteiger partial charge in [0.05, 0.1) is 18.3 Å². The molecule has 0 aliphatic carbocycles. The fraction of sp³-hybridized carbons (Fsp3) is 0.154. The van der Waals surface area contributed by atoms with Crippen molar-refractivity contribution in [2.45, 2.75) is 27.7 Å². The van der Waals surface area contributed by atoms with Gasteiger partial charge in [0.1, 0.15) is 11.5 Å². The van der Waals surface area contributed by atoms with Gasteiger partial charge in [-0.1, -0.05) is 0 Å². The lowest BCUT2D eigenvalue weighted by Gasteiger charge is -2.03. The number of rotatable bonds is 4. The van der Waals surface area contributed by atoms with E-state index in [1.807, 2.05) is 0 Å². The minimum Gasteiger partial charge on any atom is -0.512 e. The summed E-state index contributed by atoms with van der Waals surface area (Å²) in [6.45, 7) is 5.85. The number of aliphatic hydroxyl groups excluding tert-OH is 2. The number of carbonyl (C=O) groups is 2. The molecule has 2 heterocycles. The van der Waals surface area contributed by atoms with Crippen molar-refractivity contribution in [2.75, 3.05) is 0 Å². The van der Waals surface area contributed by atoms with Gasteiger partial charge in [0.15, 0.2) is 34.8 Å². The van der Waals surface area contributed by atoms with Gasteiger partial charge in [-0.15, -0.1) is 0 Å². The maximum absolute atomic E-state index is 12.6. The Labute approximate surface area is 243 Å². The standard InChI is InChI=1S/2C10H11NO2.C6F4I2/c2*1-7(12)10(8(2)13)9-3-5-11-6-4-9;7-1-2(8)6(12)4(10)3(9)5(1)11/h2*3-6,12H,1-2H3;/b2*10-7+;. The lowest BCUT2D eigenvalue weighted by molar-refractivity contribution is -0.112. The molecule has 0 fully saturated rings. The van der Waals surface area contributed by atoms with Crippen molar-refractivity contribution in [1.82, 2.24) is 9.97 Å². The molecule has 3 aromatic rings. The van der Waals surface area contributed by atoms with Crippen molar-refractivity contribution in [3.05, 3.63) is 102 Å². The number of pyridine rings is 2. The molecular weight excluding hydrogens is 734 g/mol. The molecule has 2 N–H and O–H groups in total. The summed E-state index contributed by atoms with van der Waals surface area (Å²) in [5.74, 6) is -5.61. The van der Waals surface area contributed by atoms with Crippen molar-refractivity contribution in [1.29, 1.82) is 0 Å². The van der Waals surface area contributed by atoms with Crippen LogP contribution in [0.3, 0.4) is 0 Å². The van der Waals surface area contributed by atoms with E-state index in [0.29, 0.717) is 22.3 Å². The highest BCUT2D eigenvalue weighted by Gasteiger charge is 2.21. The zero-order valence-electron chi connectivity index (χ0n) is 20.5. The predicted molar refractivity (Wildman–Crippen MR) is 152 cm³/mol. The minimum atomic E-state index is -1.35. The summed E-state index contributed by atoms with van der Waals surface area (Å²) in [6.07, 6.45) is 6.34. The first-order valence-electron chi connectivity index (χ1n) is 10.5. The molecule has 38 heavy (non-hydrogen) atoms. The van der Waals surface area contributed by atoms with Crippen LogP contribution in [0.1, 0.15) is 38.8 Å². The summed E-state index contributed by atoms with van der Waals surface area (Å²) in [5.41, 5.74) is 2.09. The molecule has 0 atom stereocenters. The van der Waals surface area contributed by atoms with E-state index in [-0.39, 0.29) is 23.1 Å². The number of aromatic nitrogens is 2. The fourth-order valence-electron chi connectivity index (χ4n) is 2.95. The number of Topliss-reactive ketones (excluding diaryl/α,β-unsaturated/α-hetero) is 2. The summed E-state index contributed by atoms with van der Waals surface area (Å²) in [7, 11) is 0. The molecule has 0 bridgehead atoms. The van der Waals surface area contributed by atoms with Crippen LogP contribution in [0.15, 0.2) is 60.6 Å². The largest absolute Gasteiger partial charge is 0.512 e. The van der Waals surface area contributed by atoms with Crippen LogP contribution < -0.4 is 0 Å². The lowest BCUT2D eigenvalue weighted by Crippen LogP contribution is -2.02. The molecule has 1 aromatic carbocycles. The summed E-state index contributed by atoms with van der Waals surface area (Å²) >= 11 is 2.41. The minimum absolute atomic E-state index is 0.0405. The maximum atomic E-state index is 12.6. The summed E-state index contributed by atoms with van der Waals surface area (Å²) < 4.78 is 49.2. The summed E-state index contributed by atoms with van der Waals surface area (Å²) in [6, 6.07) is 6.76. The number of carbonyl (C=O) groups excluding carboxylic acids is 2. The zero-order valence-corrected chi connectivity index (χ0v) is 24.8. The number of hydrogen-bond donors (Lipinski definition) is 2. The van der Waals surface area contributed by atoms with E-state index in [1.165, 1.54) is 72.9 Å². The van der Waals surface area contributed by atoms with E-state index < -0.39 is 30.4 Å². The second-order valence-electron chi connectivity index (χ2n) is 7.39. The number of nitrogens with zero attached hydrogens (tertiary/aromatic N) is 2. The predicted octanol–water partition coefficient (Wildman–Crippen LogP) is 7.37. The van der Waals surface area contributed by atoms with E-state index in [2.05, 4.69) is 9.97 Å². The van der Waals surface area contributed by atoms with Gasteiger partial charge in [-0.05, 0) is 108 Å². The van der Waals surface area contributed by atoms with E-state index in [0.717, 1.165) is 0 Å². The molecule has 3 rings (SSSR count). The van der Waals surface area contributed by atoms with Gasteiger partial charge in [-0.25, -0.2) is 17.6 Å². The molecule has 0 saturated carbocycles. The van der Waals surface area contributed by atoms with Gasteiger partial charge >= 0.3 is 0 Å².